The first kappa shape index (κ1) is 12.3. The molecule has 1 rings (SSSR count). The summed E-state index contributed by atoms with van der Waals surface area (Å²) in [5.74, 6) is 3.02. The molecule has 0 spiro atoms. The number of nitrogens with two attached hydrogens (primary N) is 1. The third kappa shape index (κ3) is 4.67. The van der Waals surface area contributed by atoms with Crippen LogP contribution in [-0.4, -0.2) is 30.3 Å². The van der Waals surface area contributed by atoms with Crippen LogP contribution in [0.4, 0.5) is 0 Å². The van der Waals surface area contributed by atoms with E-state index in [-0.39, 0.29) is 6.04 Å². The van der Waals surface area contributed by atoms with Gasteiger partial charge in [-0.25, -0.2) is 0 Å². The van der Waals surface area contributed by atoms with Crippen LogP contribution in [0.1, 0.15) is 33.1 Å². The van der Waals surface area contributed by atoms with Crippen LogP contribution in [0, 0.1) is 5.92 Å². The zero-order chi connectivity index (χ0) is 10.4. The fraction of sp³-hybridized carbons (Fsp3) is 1.00. The molecule has 2 atom stereocenters. The van der Waals surface area contributed by atoms with E-state index >= 15 is 0 Å². The van der Waals surface area contributed by atoms with Gasteiger partial charge in [-0.2, -0.15) is 11.8 Å². The first-order chi connectivity index (χ1) is 6.70. The van der Waals surface area contributed by atoms with Crippen molar-refractivity contribution in [2.24, 2.45) is 11.7 Å². The van der Waals surface area contributed by atoms with Gasteiger partial charge in [-0.05, 0) is 12.3 Å². The van der Waals surface area contributed by atoms with Crippen molar-refractivity contribution in [3.05, 3.63) is 0 Å². The maximum Gasteiger partial charge on any atom is 0.0816 e. The molecule has 1 heterocycles. The first-order valence-corrected chi connectivity index (χ1v) is 6.80. The summed E-state index contributed by atoms with van der Waals surface area (Å²) in [6.07, 6.45) is 3.95. The standard InChI is InChI=1S/C11H23NOS/c1-9(2)4-3-5-10(12)11-8-14-7-6-13-11/h9-11H,3-8,12H2,1-2H3. The van der Waals surface area contributed by atoms with E-state index < -0.39 is 0 Å². The number of hydrogen-bond acceptors (Lipinski definition) is 3. The van der Waals surface area contributed by atoms with Gasteiger partial charge in [-0.1, -0.05) is 26.7 Å². The summed E-state index contributed by atoms with van der Waals surface area (Å²) in [6.45, 7) is 5.41. The number of thioether (sulfide) groups is 1. The second-order valence-electron chi connectivity index (χ2n) is 4.47. The van der Waals surface area contributed by atoms with E-state index in [1.165, 1.54) is 12.8 Å². The van der Waals surface area contributed by atoms with Crippen molar-refractivity contribution in [2.45, 2.75) is 45.3 Å². The van der Waals surface area contributed by atoms with Crippen LogP contribution in [-0.2, 0) is 4.74 Å². The van der Waals surface area contributed by atoms with Crippen molar-refractivity contribution >= 4 is 11.8 Å². The van der Waals surface area contributed by atoms with Crippen LogP contribution in [0.15, 0.2) is 0 Å². The average Bonchev–Trinajstić information content (AvgIpc) is 2.18. The maximum absolute atomic E-state index is 6.10. The van der Waals surface area contributed by atoms with Crippen LogP contribution >= 0.6 is 11.8 Å². The molecule has 1 aliphatic heterocycles. The molecule has 0 aromatic carbocycles. The van der Waals surface area contributed by atoms with Gasteiger partial charge < -0.3 is 10.5 Å². The monoisotopic (exact) mass is 217 g/mol. The lowest BCUT2D eigenvalue weighted by Gasteiger charge is -2.27. The summed E-state index contributed by atoms with van der Waals surface area (Å²) >= 11 is 1.97. The molecule has 84 valence electrons. The van der Waals surface area contributed by atoms with E-state index in [1.807, 2.05) is 11.8 Å². The topological polar surface area (TPSA) is 35.2 Å². The van der Waals surface area contributed by atoms with Gasteiger partial charge in [-0.15, -0.1) is 0 Å². The zero-order valence-corrected chi connectivity index (χ0v) is 10.2. The highest BCUT2D eigenvalue weighted by Gasteiger charge is 2.21. The average molecular weight is 217 g/mol. The van der Waals surface area contributed by atoms with E-state index in [0.29, 0.717) is 6.10 Å². The summed E-state index contributed by atoms with van der Waals surface area (Å²) in [7, 11) is 0. The van der Waals surface area contributed by atoms with E-state index in [1.54, 1.807) is 0 Å². The Morgan fingerprint density at radius 2 is 2.21 bits per heavy atom. The predicted molar refractivity (Wildman–Crippen MR) is 63.7 cm³/mol. The van der Waals surface area contributed by atoms with Crippen LogP contribution in [0.25, 0.3) is 0 Å². The van der Waals surface area contributed by atoms with Crippen molar-refractivity contribution in [3.8, 4) is 0 Å². The Hall–Kier alpha value is 0.270. The van der Waals surface area contributed by atoms with E-state index in [9.17, 15) is 0 Å². The Morgan fingerprint density at radius 1 is 1.43 bits per heavy atom. The van der Waals surface area contributed by atoms with Crippen LogP contribution in [0.2, 0.25) is 0 Å². The molecule has 0 aromatic rings. The largest absolute Gasteiger partial charge is 0.375 e. The Labute approximate surface area is 92.0 Å². The van der Waals surface area contributed by atoms with Crippen LogP contribution in [0.5, 0.6) is 0 Å². The lowest BCUT2D eigenvalue weighted by atomic mass is 10.0. The number of ether oxygens (including phenoxy) is 1. The van der Waals surface area contributed by atoms with Gasteiger partial charge in [0.1, 0.15) is 0 Å². The molecule has 1 saturated heterocycles. The molecule has 1 fully saturated rings. The van der Waals surface area contributed by atoms with Gasteiger partial charge in [0.05, 0.1) is 12.7 Å². The quantitative estimate of drug-likeness (QED) is 0.767. The highest BCUT2D eigenvalue weighted by Crippen LogP contribution is 2.18. The van der Waals surface area contributed by atoms with Crippen molar-refractivity contribution in [2.75, 3.05) is 18.1 Å². The summed E-state index contributed by atoms with van der Waals surface area (Å²) in [5, 5.41) is 0. The third-order valence-electron chi connectivity index (χ3n) is 2.64. The first-order valence-electron chi connectivity index (χ1n) is 5.65. The highest BCUT2D eigenvalue weighted by atomic mass is 32.2. The van der Waals surface area contributed by atoms with Gasteiger partial charge >= 0.3 is 0 Å². The molecule has 0 bridgehead atoms. The number of hydrogen-bond donors (Lipinski definition) is 1. The van der Waals surface area contributed by atoms with Crippen LogP contribution in [0.3, 0.4) is 0 Å². The summed E-state index contributed by atoms with van der Waals surface area (Å²) in [5.41, 5.74) is 6.10. The fourth-order valence-electron chi connectivity index (χ4n) is 1.70. The lowest BCUT2D eigenvalue weighted by Crippen LogP contribution is -2.41. The number of rotatable bonds is 5. The minimum absolute atomic E-state index is 0.251. The molecule has 0 radical (unpaired) electrons. The third-order valence-corrected chi connectivity index (χ3v) is 3.66. The molecule has 0 aliphatic carbocycles. The highest BCUT2D eigenvalue weighted by molar-refractivity contribution is 7.99. The summed E-state index contributed by atoms with van der Waals surface area (Å²) in [6, 6.07) is 0.251. The zero-order valence-electron chi connectivity index (χ0n) is 9.37. The molecular formula is C11H23NOS. The smallest absolute Gasteiger partial charge is 0.0816 e. The second-order valence-corrected chi connectivity index (χ2v) is 5.62. The Morgan fingerprint density at radius 3 is 2.79 bits per heavy atom. The molecule has 2 N–H and O–H groups in total. The SMILES string of the molecule is CC(C)CCCC(N)C1CSCCO1. The molecule has 1 aliphatic rings. The van der Waals surface area contributed by atoms with Crippen LogP contribution < -0.4 is 5.73 Å². The molecule has 0 amide bonds. The van der Waals surface area contributed by atoms with Crippen molar-refractivity contribution in [1.29, 1.82) is 0 Å². The molecular weight excluding hydrogens is 194 g/mol. The summed E-state index contributed by atoms with van der Waals surface area (Å²) < 4.78 is 5.65. The van der Waals surface area contributed by atoms with Gasteiger partial charge in [0.15, 0.2) is 0 Å². The van der Waals surface area contributed by atoms with Gasteiger partial charge in [0.25, 0.3) is 0 Å². The lowest BCUT2D eigenvalue weighted by molar-refractivity contribution is 0.0543. The Kier molecular flexibility index (Phi) is 5.90. The Bertz CT molecular complexity index is 146. The fourth-order valence-corrected chi connectivity index (χ4v) is 2.66. The van der Waals surface area contributed by atoms with Gasteiger partial charge in [-0.3, -0.25) is 0 Å². The Balaban J connectivity index is 2.10. The summed E-state index contributed by atoms with van der Waals surface area (Å²) in [4.78, 5) is 0. The predicted octanol–water partition coefficient (Wildman–Crippen LogP) is 2.27. The molecule has 2 unspecified atom stereocenters. The normalized spacial score (nSPS) is 25.3. The molecule has 2 nitrogen and oxygen atoms in total. The second kappa shape index (κ2) is 6.70. The van der Waals surface area contributed by atoms with E-state index in [2.05, 4.69) is 13.8 Å². The van der Waals surface area contributed by atoms with E-state index in [4.69, 9.17) is 10.5 Å². The molecule has 14 heavy (non-hydrogen) atoms. The van der Waals surface area contributed by atoms with Gasteiger partial charge in [0, 0.05) is 17.5 Å². The minimum atomic E-state index is 0.251. The molecule has 3 heteroatoms. The van der Waals surface area contributed by atoms with Crippen molar-refractivity contribution in [3.63, 3.8) is 0 Å². The molecule has 0 aromatic heterocycles. The maximum atomic E-state index is 6.10. The van der Waals surface area contributed by atoms with Crippen molar-refractivity contribution in [1.82, 2.24) is 0 Å². The van der Waals surface area contributed by atoms with E-state index in [0.717, 1.165) is 30.5 Å². The van der Waals surface area contributed by atoms with Crippen molar-refractivity contribution < 1.29 is 4.74 Å². The van der Waals surface area contributed by atoms with Gasteiger partial charge in [0.2, 0.25) is 0 Å². The minimum Gasteiger partial charge on any atom is -0.375 e. The molecule has 0 saturated carbocycles.